The van der Waals surface area contributed by atoms with E-state index in [0.29, 0.717) is 11.6 Å². The van der Waals surface area contributed by atoms with Gasteiger partial charge in [-0.05, 0) is 32.5 Å². The molecule has 4 heteroatoms. The molecule has 1 fully saturated rings. The van der Waals surface area contributed by atoms with Gasteiger partial charge in [-0.25, -0.2) is 4.39 Å². The van der Waals surface area contributed by atoms with Crippen molar-refractivity contribution in [3.63, 3.8) is 0 Å². The van der Waals surface area contributed by atoms with Crippen molar-refractivity contribution in [3.8, 4) is 0 Å². The van der Waals surface area contributed by atoms with Crippen molar-refractivity contribution in [3.05, 3.63) is 29.6 Å². The van der Waals surface area contributed by atoms with Crippen LogP contribution in [0.2, 0.25) is 0 Å². The predicted molar refractivity (Wildman–Crippen MR) is 77.9 cm³/mol. The lowest BCUT2D eigenvalue weighted by Gasteiger charge is -2.41. The van der Waals surface area contributed by atoms with E-state index in [1.54, 1.807) is 6.07 Å². The molecule has 0 amide bonds. The Morgan fingerprint density at radius 1 is 1.42 bits per heavy atom. The van der Waals surface area contributed by atoms with Gasteiger partial charge in [-0.2, -0.15) is 0 Å². The van der Waals surface area contributed by atoms with Crippen LogP contribution >= 0.6 is 0 Å². The van der Waals surface area contributed by atoms with Gasteiger partial charge in [0.15, 0.2) is 0 Å². The molecule has 1 aromatic carbocycles. The fourth-order valence-corrected chi connectivity index (χ4v) is 2.94. The van der Waals surface area contributed by atoms with Crippen LogP contribution in [0.15, 0.2) is 18.2 Å². The molecule has 0 spiro atoms. The Balaban J connectivity index is 2.26. The smallest absolute Gasteiger partial charge is 0.130 e. The zero-order valence-electron chi connectivity index (χ0n) is 12.1. The lowest BCUT2D eigenvalue weighted by Crippen LogP contribution is -2.52. The monoisotopic (exact) mass is 265 g/mol. The number of piperazine rings is 1. The molecular weight excluding hydrogens is 241 g/mol. The van der Waals surface area contributed by atoms with Crippen LogP contribution in [0.4, 0.5) is 10.1 Å². The quantitative estimate of drug-likeness (QED) is 0.910. The predicted octanol–water partition coefficient (Wildman–Crippen LogP) is 2.38. The number of likely N-dealkylation sites (N-methyl/N-ethyl adjacent to an activating group) is 1. The van der Waals surface area contributed by atoms with E-state index in [9.17, 15) is 4.39 Å². The van der Waals surface area contributed by atoms with Gasteiger partial charge in [0.1, 0.15) is 5.82 Å². The van der Waals surface area contributed by atoms with Gasteiger partial charge in [0.05, 0.1) is 0 Å². The molecule has 1 aliphatic heterocycles. The molecule has 2 N–H and O–H groups in total. The van der Waals surface area contributed by atoms with E-state index in [2.05, 4.69) is 23.6 Å². The van der Waals surface area contributed by atoms with Crippen LogP contribution in [-0.4, -0.2) is 37.1 Å². The first-order valence-corrected chi connectivity index (χ1v) is 7.07. The van der Waals surface area contributed by atoms with E-state index >= 15 is 0 Å². The average molecular weight is 265 g/mol. The molecular formula is C15H24FN3. The number of nitrogens with zero attached hydrogens (tertiary/aromatic N) is 2. The molecule has 2 rings (SSSR count). The normalized spacial score (nSPS) is 22.6. The van der Waals surface area contributed by atoms with E-state index < -0.39 is 0 Å². The molecule has 1 aromatic rings. The van der Waals surface area contributed by atoms with Crippen molar-refractivity contribution >= 4 is 5.69 Å². The molecule has 106 valence electrons. The van der Waals surface area contributed by atoms with Crippen LogP contribution in [0.25, 0.3) is 0 Å². The van der Waals surface area contributed by atoms with Gasteiger partial charge in [-0.3, -0.25) is 4.90 Å². The fraction of sp³-hybridized carbons (Fsp3) is 0.600. The maximum absolute atomic E-state index is 14.0. The summed E-state index contributed by atoms with van der Waals surface area (Å²) in [5, 5.41) is 0. The molecule has 1 heterocycles. The van der Waals surface area contributed by atoms with Crippen LogP contribution in [-0.2, 0) is 0 Å². The summed E-state index contributed by atoms with van der Waals surface area (Å²) in [4.78, 5) is 4.71. The van der Waals surface area contributed by atoms with Crippen molar-refractivity contribution in [1.82, 2.24) is 4.90 Å². The van der Waals surface area contributed by atoms with Crippen molar-refractivity contribution in [1.29, 1.82) is 0 Å². The summed E-state index contributed by atoms with van der Waals surface area (Å²) in [6, 6.07) is 5.45. The van der Waals surface area contributed by atoms with Crippen LogP contribution in [0.3, 0.4) is 0 Å². The van der Waals surface area contributed by atoms with Crippen molar-refractivity contribution < 1.29 is 4.39 Å². The second-order valence-corrected chi connectivity index (χ2v) is 5.38. The first-order valence-electron chi connectivity index (χ1n) is 7.07. The van der Waals surface area contributed by atoms with Crippen molar-refractivity contribution in [2.75, 3.05) is 31.1 Å². The summed E-state index contributed by atoms with van der Waals surface area (Å²) in [5.41, 5.74) is 7.53. The van der Waals surface area contributed by atoms with Crippen LogP contribution in [0, 0.1) is 5.82 Å². The Kier molecular flexibility index (Phi) is 4.42. The number of benzene rings is 1. The Bertz CT molecular complexity index is 433. The molecule has 1 unspecified atom stereocenters. The first kappa shape index (κ1) is 14.3. The molecule has 2 atom stereocenters. The number of rotatable bonds is 3. The SMILES string of the molecule is CCN1CCN(c2cccc(F)c2[C@@H](C)N)CC1C. The molecule has 1 aliphatic rings. The van der Waals surface area contributed by atoms with Gasteiger partial charge in [0.25, 0.3) is 0 Å². The van der Waals surface area contributed by atoms with E-state index in [-0.39, 0.29) is 11.9 Å². The summed E-state index contributed by atoms with van der Waals surface area (Å²) >= 11 is 0. The van der Waals surface area contributed by atoms with Gasteiger partial charge < -0.3 is 10.6 Å². The molecule has 0 bridgehead atoms. The zero-order valence-corrected chi connectivity index (χ0v) is 12.1. The third-order valence-electron chi connectivity index (χ3n) is 4.00. The topological polar surface area (TPSA) is 32.5 Å². The third-order valence-corrected chi connectivity index (χ3v) is 4.00. The average Bonchev–Trinajstić information content (AvgIpc) is 2.37. The summed E-state index contributed by atoms with van der Waals surface area (Å²) in [6.45, 7) is 10.2. The minimum absolute atomic E-state index is 0.196. The number of nitrogens with two attached hydrogens (primary N) is 1. The summed E-state index contributed by atoms with van der Waals surface area (Å²) < 4.78 is 14.0. The molecule has 0 radical (unpaired) electrons. The Labute approximate surface area is 115 Å². The lowest BCUT2D eigenvalue weighted by molar-refractivity contribution is 0.199. The highest BCUT2D eigenvalue weighted by atomic mass is 19.1. The van der Waals surface area contributed by atoms with Gasteiger partial charge in [-0.15, -0.1) is 0 Å². The minimum atomic E-state index is -0.282. The van der Waals surface area contributed by atoms with Gasteiger partial charge >= 0.3 is 0 Å². The third kappa shape index (κ3) is 2.90. The molecule has 3 nitrogen and oxygen atoms in total. The maximum atomic E-state index is 14.0. The van der Waals surface area contributed by atoms with Crippen LogP contribution in [0.1, 0.15) is 32.4 Å². The first-order chi connectivity index (χ1) is 9.04. The summed E-state index contributed by atoms with van der Waals surface area (Å²) in [5.74, 6) is -0.196. The fourth-order valence-electron chi connectivity index (χ4n) is 2.94. The second kappa shape index (κ2) is 5.88. The van der Waals surface area contributed by atoms with E-state index in [1.807, 2.05) is 13.0 Å². The molecule has 19 heavy (non-hydrogen) atoms. The van der Waals surface area contributed by atoms with Crippen molar-refractivity contribution in [2.24, 2.45) is 5.73 Å². The van der Waals surface area contributed by atoms with E-state index in [4.69, 9.17) is 5.73 Å². The second-order valence-electron chi connectivity index (χ2n) is 5.38. The highest BCUT2D eigenvalue weighted by Gasteiger charge is 2.25. The highest BCUT2D eigenvalue weighted by Crippen LogP contribution is 2.29. The van der Waals surface area contributed by atoms with Crippen LogP contribution in [0.5, 0.6) is 0 Å². The Hall–Kier alpha value is -1.13. The van der Waals surface area contributed by atoms with E-state index in [0.717, 1.165) is 31.9 Å². The maximum Gasteiger partial charge on any atom is 0.130 e. The largest absolute Gasteiger partial charge is 0.368 e. The summed E-state index contributed by atoms with van der Waals surface area (Å²) in [7, 11) is 0. The van der Waals surface area contributed by atoms with Crippen LogP contribution < -0.4 is 10.6 Å². The molecule has 1 saturated heterocycles. The Morgan fingerprint density at radius 2 is 2.16 bits per heavy atom. The minimum Gasteiger partial charge on any atom is -0.368 e. The number of hydrogen-bond donors (Lipinski definition) is 1. The molecule has 0 aliphatic carbocycles. The van der Waals surface area contributed by atoms with Crippen molar-refractivity contribution in [2.45, 2.75) is 32.9 Å². The number of halogens is 1. The van der Waals surface area contributed by atoms with E-state index in [1.165, 1.54) is 6.07 Å². The standard InChI is InChI=1S/C15H24FN3/c1-4-18-8-9-19(10-11(18)2)14-7-5-6-13(16)15(14)12(3)17/h5-7,11-12H,4,8-10,17H2,1-3H3/t11?,12-/m1/s1. The van der Waals surface area contributed by atoms with Gasteiger partial charge in [0.2, 0.25) is 0 Å². The van der Waals surface area contributed by atoms with Gasteiger partial charge in [-0.1, -0.05) is 13.0 Å². The molecule has 0 aromatic heterocycles. The number of hydrogen-bond acceptors (Lipinski definition) is 3. The summed E-state index contributed by atoms with van der Waals surface area (Å²) in [6.07, 6.45) is 0. The lowest BCUT2D eigenvalue weighted by atomic mass is 10.0. The van der Waals surface area contributed by atoms with Gasteiger partial charge in [0, 0.05) is 43.0 Å². The highest BCUT2D eigenvalue weighted by molar-refractivity contribution is 5.56. The number of anilines is 1. The Morgan fingerprint density at radius 3 is 2.74 bits per heavy atom. The zero-order chi connectivity index (χ0) is 14.0. The molecule has 0 saturated carbocycles.